The number of hydrogen-bond acceptors (Lipinski definition) is 3. The van der Waals surface area contributed by atoms with Crippen LogP contribution in [0, 0.1) is 0 Å². The molecule has 0 aromatic rings. The fourth-order valence-electron chi connectivity index (χ4n) is 1.10. The van der Waals surface area contributed by atoms with Crippen molar-refractivity contribution < 1.29 is 4.79 Å². The molecule has 0 heterocycles. The SMILES string of the molecule is CN=C(NCCC(=O)N(C)C)NCC(C)(C)SC. The van der Waals surface area contributed by atoms with E-state index in [1.54, 1.807) is 37.8 Å². The Kier molecular flexibility index (Phi) is 7.82. The summed E-state index contributed by atoms with van der Waals surface area (Å²) in [4.78, 5) is 17.1. The fourth-order valence-corrected chi connectivity index (χ4v) is 1.32. The van der Waals surface area contributed by atoms with E-state index in [1.807, 2.05) is 0 Å². The van der Waals surface area contributed by atoms with Crippen LogP contribution in [0.2, 0.25) is 0 Å². The van der Waals surface area contributed by atoms with E-state index in [0.717, 1.165) is 12.5 Å². The number of amides is 1. The van der Waals surface area contributed by atoms with Crippen molar-refractivity contribution in [3.63, 3.8) is 0 Å². The number of thioether (sulfide) groups is 1. The molecule has 0 rings (SSSR count). The first kappa shape index (κ1) is 17.1. The third kappa shape index (κ3) is 7.42. The Morgan fingerprint density at radius 2 is 1.94 bits per heavy atom. The maximum atomic E-state index is 11.4. The Labute approximate surface area is 115 Å². The van der Waals surface area contributed by atoms with Crippen LogP contribution >= 0.6 is 11.8 Å². The summed E-state index contributed by atoms with van der Waals surface area (Å²) in [5, 5.41) is 6.39. The largest absolute Gasteiger partial charge is 0.356 e. The van der Waals surface area contributed by atoms with Gasteiger partial charge in [0.25, 0.3) is 0 Å². The first-order valence-electron chi connectivity index (χ1n) is 6.02. The van der Waals surface area contributed by atoms with Crippen molar-refractivity contribution in [1.82, 2.24) is 15.5 Å². The molecule has 0 saturated heterocycles. The second-order valence-electron chi connectivity index (χ2n) is 4.85. The molecular weight excluding hydrogens is 248 g/mol. The number of carbonyl (C=O) groups is 1. The number of rotatable bonds is 6. The van der Waals surface area contributed by atoms with Gasteiger partial charge >= 0.3 is 0 Å². The van der Waals surface area contributed by atoms with Gasteiger partial charge in [-0.2, -0.15) is 11.8 Å². The van der Waals surface area contributed by atoms with E-state index in [-0.39, 0.29) is 10.7 Å². The van der Waals surface area contributed by atoms with Crippen LogP contribution in [-0.2, 0) is 4.79 Å². The summed E-state index contributed by atoms with van der Waals surface area (Å²) in [6.07, 6.45) is 2.56. The van der Waals surface area contributed by atoms with Crippen LogP contribution in [0.1, 0.15) is 20.3 Å². The van der Waals surface area contributed by atoms with Crippen LogP contribution in [0.25, 0.3) is 0 Å². The van der Waals surface area contributed by atoms with E-state index in [4.69, 9.17) is 0 Å². The molecule has 5 nitrogen and oxygen atoms in total. The van der Waals surface area contributed by atoms with Gasteiger partial charge < -0.3 is 15.5 Å². The van der Waals surface area contributed by atoms with Crippen LogP contribution in [-0.4, -0.2) is 62.0 Å². The minimum absolute atomic E-state index is 0.113. The van der Waals surface area contributed by atoms with Crippen molar-refractivity contribution in [3.05, 3.63) is 0 Å². The molecule has 18 heavy (non-hydrogen) atoms. The number of nitrogens with zero attached hydrogens (tertiary/aromatic N) is 2. The molecule has 0 fully saturated rings. The number of carbonyl (C=O) groups excluding carboxylic acids is 1. The summed E-state index contributed by atoms with van der Waals surface area (Å²) >= 11 is 1.81. The zero-order valence-corrected chi connectivity index (χ0v) is 13.1. The second kappa shape index (κ2) is 8.24. The molecule has 0 aliphatic rings. The standard InChI is InChI=1S/C12H26N4OS/c1-12(2,18-6)9-15-11(13-3)14-8-7-10(17)16(4)5/h7-9H2,1-6H3,(H2,13,14,15). The van der Waals surface area contributed by atoms with Gasteiger partial charge in [0.15, 0.2) is 5.96 Å². The number of hydrogen-bond donors (Lipinski definition) is 2. The van der Waals surface area contributed by atoms with Crippen LogP contribution in [0.5, 0.6) is 0 Å². The lowest BCUT2D eigenvalue weighted by Gasteiger charge is -2.23. The van der Waals surface area contributed by atoms with Gasteiger partial charge in [0.2, 0.25) is 5.91 Å². The third-order valence-corrected chi connectivity index (χ3v) is 3.84. The molecule has 0 unspecified atom stereocenters. The van der Waals surface area contributed by atoms with Gasteiger partial charge in [-0.1, -0.05) is 0 Å². The molecule has 0 aliphatic carbocycles. The molecule has 0 bridgehead atoms. The lowest BCUT2D eigenvalue weighted by atomic mass is 10.2. The van der Waals surface area contributed by atoms with E-state index in [1.165, 1.54) is 0 Å². The smallest absolute Gasteiger partial charge is 0.223 e. The predicted molar refractivity (Wildman–Crippen MR) is 80.3 cm³/mol. The molecular formula is C12H26N4OS. The molecule has 0 saturated carbocycles. The molecule has 0 aliphatic heterocycles. The summed E-state index contributed by atoms with van der Waals surface area (Å²) < 4.78 is 0.164. The second-order valence-corrected chi connectivity index (χ2v) is 6.37. The highest BCUT2D eigenvalue weighted by Crippen LogP contribution is 2.19. The van der Waals surface area contributed by atoms with Crippen LogP contribution in [0.4, 0.5) is 0 Å². The van der Waals surface area contributed by atoms with Gasteiger partial charge in [-0.05, 0) is 20.1 Å². The highest BCUT2D eigenvalue weighted by molar-refractivity contribution is 7.99. The number of nitrogens with one attached hydrogen (secondary N) is 2. The first-order valence-corrected chi connectivity index (χ1v) is 7.24. The summed E-state index contributed by atoms with van der Waals surface area (Å²) in [7, 11) is 5.25. The summed E-state index contributed by atoms with van der Waals surface area (Å²) in [6, 6.07) is 0. The van der Waals surface area contributed by atoms with Gasteiger partial charge in [-0.3, -0.25) is 9.79 Å². The minimum Gasteiger partial charge on any atom is -0.356 e. The summed E-state index contributed by atoms with van der Waals surface area (Å²) in [5.74, 6) is 0.853. The highest BCUT2D eigenvalue weighted by atomic mass is 32.2. The number of guanidine groups is 1. The van der Waals surface area contributed by atoms with Crippen LogP contribution in [0.3, 0.4) is 0 Å². The zero-order valence-electron chi connectivity index (χ0n) is 12.3. The van der Waals surface area contributed by atoms with Crippen LogP contribution < -0.4 is 10.6 Å². The molecule has 0 aromatic carbocycles. The molecule has 0 radical (unpaired) electrons. The molecule has 6 heteroatoms. The van der Waals surface area contributed by atoms with Crippen molar-refractivity contribution >= 4 is 23.6 Å². The zero-order chi connectivity index (χ0) is 14.2. The van der Waals surface area contributed by atoms with Crippen molar-refractivity contribution in [1.29, 1.82) is 0 Å². The van der Waals surface area contributed by atoms with Crippen molar-refractivity contribution in [2.75, 3.05) is 40.5 Å². The monoisotopic (exact) mass is 274 g/mol. The van der Waals surface area contributed by atoms with Crippen molar-refractivity contribution in [2.45, 2.75) is 25.0 Å². The third-order valence-electron chi connectivity index (χ3n) is 2.59. The number of aliphatic imine (C=N–C) groups is 1. The maximum Gasteiger partial charge on any atom is 0.223 e. The molecule has 1 amide bonds. The van der Waals surface area contributed by atoms with E-state index in [2.05, 4.69) is 35.7 Å². The summed E-state index contributed by atoms with van der Waals surface area (Å²) in [5.41, 5.74) is 0. The molecule has 0 aromatic heterocycles. The predicted octanol–water partition coefficient (Wildman–Crippen LogP) is 0.771. The maximum absolute atomic E-state index is 11.4. The summed E-state index contributed by atoms with van der Waals surface area (Å²) in [6.45, 7) is 5.77. The normalized spacial score (nSPS) is 12.2. The van der Waals surface area contributed by atoms with Gasteiger partial charge in [0.05, 0.1) is 0 Å². The minimum atomic E-state index is 0.113. The van der Waals surface area contributed by atoms with Crippen molar-refractivity contribution in [2.24, 2.45) is 4.99 Å². The van der Waals surface area contributed by atoms with Gasteiger partial charge in [-0.25, -0.2) is 0 Å². The van der Waals surface area contributed by atoms with Crippen LogP contribution in [0.15, 0.2) is 4.99 Å². The van der Waals surface area contributed by atoms with Gasteiger partial charge in [0, 0.05) is 45.4 Å². The van der Waals surface area contributed by atoms with Crippen molar-refractivity contribution in [3.8, 4) is 0 Å². The molecule has 0 spiro atoms. The Morgan fingerprint density at radius 1 is 1.33 bits per heavy atom. The Balaban J connectivity index is 3.97. The lowest BCUT2D eigenvalue weighted by molar-refractivity contribution is -0.128. The average Bonchev–Trinajstić information content (AvgIpc) is 2.33. The Morgan fingerprint density at radius 3 is 2.39 bits per heavy atom. The highest BCUT2D eigenvalue weighted by Gasteiger charge is 2.16. The van der Waals surface area contributed by atoms with Gasteiger partial charge in [-0.15, -0.1) is 0 Å². The first-order chi connectivity index (χ1) is 8.32. The Bertz CT molecular complexity index is 290. The van der Waals surface area contributed by atoms with E-state index in [9.17, 15) is 4.79 Å². The quantitative estimate of drug-likeness (QED) is 0.555. The molecule has 0 atom stereocenters. The van der Waals surface area contributed by atoms with E-state index in [0.29, 0.717) is 13.0 Å². The fraction of sp³-hybridized carbons (Fsp3) is 0.833. The lowest BCUT2D eigenvalue weighted by Crippen LogP contribution is -2.44. The van der Waals surface area contributed by atoms with E-state index < -0.39 is 0 Å². The van der Waals surface area contributed by atoms with E-state index >= 15 is 0 Å². The van der Waals surface area contributed by atoms with Gasteiger partial charge in [0.1, 0.15) is 0 Å². The molecule has 106 valence electrons. The Hall–Kier alpha value is -0.910. The topological polar surface area (TPSA) is 56.7 Å². The average molecular weight is 274 g/mol. The molecule has 2 N–H and O–H groups in total.